The molecule has 3 rings (SSSR count). The number of fused-ring (bicyclic) bond motifs is 3. The Labute approximate surface area is 147 Å². The third-order valence-electron chi connectivity index (χ3n) is 5.14. The molecule has 0 bridgehead atoms. The van der Waals surface area contributed by atoms with Gasteiger partial charge in [-0.2, -0.15) is 0 Å². The minimum atomic E-state index is -1.01. The first-order valence-corrected chi connectivity index (χ1v) is 8.31. The largest absolute Gasteiger partial charge is 0.387 e. The lowest BCUT2D eigenvalue weighted by molar-refractivity contribution is -0.107. The lowest BCUT2D eigenvalue weighted by Crippen LogP contribution is -2.44. The van der Waals surface area contributed by atoms with E-state index in [0.29, 0.717) is 0 Å². The highest BCUT2D eigenvalue weighted by Gasteiger charge is 2.35. The lowest BCUT2D eigenvalue weighted by Gasteiger charge is -2.31. The summed E-state index contributed by atoms with van der Waals surface area (Å²) < 4.78 is 0. The fourth-order valence-electron chi connectivity index (χ4n) is 2.78. The summed E-state index contributed by atoms with van der Waals surface area (Å²) in [6.45, 7) is 10.8. The van der Waals surface area contributed by atoms with Gasteiger partial charge >= 0.3 is 0 Å². The van der Waals surface area contributed by atoms with Crippen LogP contribution in [0.1, 0.15) is 52.7 Å². The first kappa shape index (κ1) is 18.8. The van der Waals surface area contributed by atoms with E-state index in [0.717, 1.165) is 5.46 Å². The Bertz CT molecular complexity index is 722. The molecule has 0 spiro atoms. The van der Waals surface area contributed by atoms with E-state index in [4.69, 9.17) is 18.1 Å². The summed E-state index contributed by atoms with van der Waals surface area (Å²) >= 11 is 0. The molecule has 0 saturated carbocycles. The minimum absolute atomic E-state index is 0.0707. The lowest BCUT2D eigenvalue weighted by atomic mass is 9.80. The first-order chi connectivity index (χ1) is 10.9. The topological polar surface area (TPSA) is 40.5 Å². The Morgan fingerprint density at radius 3 is 1.83 bits per heavy atom. The molecular weight excluding hydrogens is 295 g/mol. The van der Waals surface area contributed by atoms with Crippen LogP contribution in [0, 0.1) is 0 Å². The fourth-order valence-corrected chi connectivity index (χ4v) is 2.78. The van der Waals surface area contributed by atoms with Crippen LogP contribution >= 0.6 is 0 Å². The van der Waals surface area contributed by atoms with E-state index in [1.165, 1.54) is 22.3 Å². The van der Waals surface area contributed by atoms with E-state index in [1.54, 1.807) is 27.7 Å². The quantitative estimate of drug-likeness (QED) is 0.791. The van der Waals surface area contributed by atoms with Gasteiger partial charge in [-0.25, -0.2) is 0 Å². The van der Waals surface area contributed by atoms with Crippen LogP contribution in [0.4, 0.5) is 0 Å². The van der Waals surface area contributed by atoms with Crippen molar-refractivity contribution in [2.45, 2.75) is 58.2 Å². The van der Waals surface area contributed by atoms with Crippen LogP contribution in [0.25, 0.3) is 11.1 Å². The van der Waals surface area contributed by atoms with Gasteiger partial charge in [-0.1, -0.05) is 61.8 Å². The monoisotopic (exact) mass is 322 g/mol. The third kappa shape index (κ3) is 3.29. The second-order valence-electron chi connectivity index (χ2n) is 8.06. The van der Waals surface area contributed by atoms with Crippen LogP contribution in [0.5, 0.6) is 0 Å². The van der Waals surface area contributed by atoms with Crippen molar-refractivity contribution in [1.29, 1.82) is 0 Å². The molecule has 0 atom stereocenters. The van der Waals surface area contributed by atoms with E-state index in [9.17, 15) is 0 Å². The van der Waals surface area contributed by atoms with Gasteiger partial charge < -0.3 is 10.2 Å². The van der Waals surface area contributed by atoms with Gasteiger partial charge in [0.05, 0.1) is 11.2 Å². The molecule has 0 aromatic heterocycles. The van der Waals surface area contributed by atoms with Crippen molar-refractivity contribution in [3.05, 3.63) is 53.6 Å². The molecular formula is C21H27BO2. The minimum Gasteiger partial charge on any atom is -0.387 e. The van der Waals surface area contributed by atoms with Gasteiger partial charge in [0.25, 0.3) is 0 Å². The summed E-state index contributed by atoms with van der Waals surface area (Å²) in [7, 11) is 6.11. The highest BCUT2D eigenvalue weighted by atomic mass is 16.3. The molecule has 3 heteroatoms. The molecule has 2 aromatic carbocycles. The number of aliphatic hydroxyl groups is 2. The number of hydrogen-bond acceptors (Lipinski definition) is 2. The Morgan fingerprint density at radius 2 is 1.29 bits per heavy atom. The molecule has 1 aliphatic rings. The summed E-state index contributed by atoms with van der Waals surface area (Å²) in [5, 5.41) is 18.2. The van der Waals surface area contributed by atoms with Crippen LogP contribution in [0.2, 0.25) is 0 Å². The number of rotatable bonds is 1. The average molecular weight is 322 g/mol. The zero-order valence-corrected chi connectivity index (χ0v) is 15.5. The average Bonchev–Trinajstić information content (AvgIpc) is 2.68. The predicted molar refractivity (Wildman–Crippen MR) is 102 cm³/mol. The SMILES string of the molecule is CC(C)(O)C(C)(C)O.[B]c1cccc2c1-c1ccccc1C2(C)C. The second kappa shape index (κ2) is 6.05. The molecule has 2 nitrogen and oxygen atoms in total. The van der Waals surface area contributed by atoms with Crippen molar-refractivity contribution in [2.24, 2.45) is 0 Å². The van der Waals surface area contributed by atoms with Gasteiger partial charge in [0.15, 0.2) is 0 Å². The van der Waals surface area contributed by atoms with E-state index >= 15 is 0 Å². The van der Waals surface area contributed by atoms with Crippen molar-refractivity contribution in [3.8, 4) is 11.1 Å². The number of hydrogen-bond donors (Lipinski definition) is 2. The van der Waals surface area contributed by atoms with Crippen LogP contribution < -0.4 is 5.46 Å². The van der Waals surface area contributed by atoms with Crippen molar-refractivity contribution in [3.63, 3.8) is 0 Å². The van der Waals surface area contributed by atoms with Gasteiger partial charge in [0, 0.05) is 5.41 Å². The number of benzene rings is 2. The Balaban J connectivity index is 0.000000224. The summed E-state index contributed by atoms with van der Waals surface area (Å²) in [5.74, 6) is 0. The summed E-state index contributed by atoms with van der Waals surface area (Å²) in [5.41, 5.74) is 4.18. The maximum Gasteiger partial charge on any atom is 0.114 e. The molecule has 126 valence electrons. The van der Waals surface area contributed by atoms with E-state index in [2.05, 4.69) is 44.2 Å². The van der Waals surface area contributed by atoms with Crippen molar-refractivity contribution in [2.75, 3.05) is 0 Å². The molecule has 0 unspecified atom stereocenters. The summed E-state index contributed by atoms with van der Waals surface area (Å²) in [6.07, 6.45) is 0. The Morgan fingerprint density at radius 1 is 0.792 bits per heavy atom. The maximum atomic E-state index is 9.10. The van der Waals surface area contributed by atoms with E-state index < -0.39 is 11.2 Å². The molecule has 2 N–H and O–H groups in total. The smallest absolute Gasteiger partial charge is 0.114 e. The van der Waals surface area contributed by atoms with Crippen molar-refractivity contribution in [1.82, 2.24) is 0 Å². The zero-order valence-electron chi connectivity index (χ0n) is 15.5. The third-order valence-corrected chi connectivity index (χ3v) is 5.14. The fraction of sp³-hybridized carbons (Fsp3) is 0.429. The highest BCUT2D eigenvalue weighted by molar-refractivity contribution is 6.36. The molecule has 0 fully saturated rings. The van der Waals surface area contributed by atoms with Crippen LogP contribution in [0.15, 0.2) is 42.5 Å². The van der Waals surface area contributed by atoms with Crippen LogP contribution in [-0.2, 0) is 5.41 Å². The van der Waals surface area contributed by atoms with Gasteiger partial charge in [0.2, 0.25) is 0 Å². The van der Waals surface area contributed by atoms with E-state index in [1.807, 2.05) is 12.1 Å². The van der Waals surface area contributed by atoms with Crippen LogP contribution in [0.3, 0.4) is 0 Å². The molecule has 0 amide bonds. The van der Waals surface area contributed by atoms with Crippen molar-refractivity contribution < 1.29 is 10.2 Å². The highest BCUT2D eigenvalue weighted by Crippen LogP contribution is 2.47. The molecule has 0 saturated heterocycles. The van der Waals surface area contributed by atoms with Crippen molar-refractivity contribution >= 4 is 13.3 Å². The zero-order chi connectivity index (χ0) is 18.3. The van der Waals surface area contributed by atoms with Gasteiger partial charge in [0.1, 0.15) is 7.85 Å². The second-order valence-corrected chi connectivity index (χ2v) is 8.06. The molecule has 0 aliphatic heterocycles. The maximum absolute atomic E-state index is 9.10. The molecule has 24 heavy (non-hydrogen) atoms. The van der Waals surface area contributed by atoms with Gasteiger partial charge in [-0.3, -0.25) is 0 Å². The Hall–Kier alpha value is -1.58. The van der Waals surface area contributed by atoms with Gasteiger partial charge in [-0.05, 0) is 49.9 Å². The summed E-state index contributed by atoms with van der Waals surface area (Å²) in [4.78, 5) is 0. The van der Waals surface area contributed by atoms with Gasteiger partial charge in [-0.15, -0.1) is 0 Å². The summed E-state index contributed by atoms with van der Waals surface area (Å²) in [6, 6.07) is 14.8. The molecule has 2 radical (unpaired) electrons. The molecule has 2 aromatic rings. The predicted octanol–water partition coefficient (Wildman–Crippen LogP) is 3.31. The normalized spacial score (nSPS) is 15.2. The van der Waals surface area contributed by atoms with E-state index in [-0.39, 0.29) is 5.41 Å². The Kier molecular flexibility index (Phi) is 4.73. The van der Waals surface area contributed by atoms with Crippen LogP contribution in [-0.4, -0.2) is 29.3 Å². The molecule has 1 aliphatic carbocycles. The molecule has 0 heterocycles. The first-order valence-electron chi connectivity index (χ1n) is 8.31. The standard InChI is InChI=1S/C15H13B.C6H14O2/c1-15(2)11-7-4-3-6-10(11)14-12(15)8-5-9-13(14)16;1-5(2,7)6(3,4)8/h3-9H,1-2H3;7-8H,1-4H3.